The molecule has 1 saturated carbocycles. The monoisotopic (exact) mass is 249 g/mol. The lowest BCUT2D eigenvalue weighted by Gasteiger charge is -2.34. The van der Waals surface area contributed by atoms with Gasteiger partial charge in [0.2, 0.25) is 0 Å². The number of methoxy groups -OCH3 is 1. The second-order valence-corrected chi connectivity index (χ2v) is 5.16. The van der Waals surface area contributed by atoms with E-state index in [4.69, 9.17) is 9.47 Å². The fraction of sp³-hybridized carbons (Fsp3) is 0.600. The highest BCUT2D eigenvalue weighted by molar-refractivity contribution is 5.46. The Morgan fingerprint density at radius 1 is 1.28 bits per heavy atom. The zero-order chi connectivity index (χ0) is 12.8. The van der Waals surface area contributed by atoms with Crippen molar-refractivity contribution in [3.63, 3.8) is 0 Å². The summed E-state index contributed by atoms with van der Waals surface area (Å²) in [4.78, 5) is 0. The Kier molecular flexibility index (Phi) is 5.02. The molecule has 0 aliphatic heterocycles. The Morgan fingerprint density at radius 2 is 2.11 bits per heavy atom. The molecule has 0 unspecified atom stereocenters. The van der Waals surface area contributed by atoms with Crippen molar-refractivity contribution < 1.29 is 9.47 Å². The summed E-state index contributed by atoms with van der Waals surface area (Å²) in [7, 11) is 1.69. The van der Waals surface area contributed by atoms with Gasteiger partial charge in [-0.05, 0) is 36.5 Å². The molecule has 0 saturated heterocycles. The minimum absolute atomic E-state index is 0.647. The van der Waals surface area contributed by atoms with Crippen LogP contribution >= 0.6 is 0 Å². The molecule has 2 rings (SSSR count). The maximum Gasteiger partial charge on any atom is 0.0718 e. The standard InChI is InChI=1S/C15H23NO2/c1-12-8-15(9-12)16-14-5-3-4-13(10-14)11-18-7-6-17-2/h3-5,10,12,15-16H,6-9,11H2,1-2H3. The second-order valence-electron chi connectivity index (χ2n) is 5.16. The minimum atomic E-state index is 0.647. The summed E-state index contributed by atoms with van der Waals surface area (Å²) in [6.45, 7) is 4.25. The first kappa shape index (κ1) is 13.4. The van der Waals surface area contributed by atoms with Crippen LogP contribution in [-0.4, -0.2) is 26.4 Å². The average molecular weight is 249 g/mol. The lowest BCUT2D eigenvalue weighted by molar-refractivity contribution is 0.0617. The van der Waals surface area contributed by atoms with Crippen LogP contribution in [0.15, 0.2) is 24.3 Å². The maximum absolute atomic E-state index is 5.52. The van der Waals surface area contributed by atoms with E-state index in [-0.39, 0.29) is 0 Å². The van der Waals surface area contributed by atoms with Crippen LogP contribution in [0.3, 0.4) is 0 Å². The van der Waals surface area contributed by atoms with Crippen molar-refractivity contribution in [3.8, 4) is 0 Å². The molecule has 1 aliphatic rings. The largest absolute Gasteiger partial charge is 0.382 e. The topological polar surface area (TPSA) is 30.5 Å². The van der Waals surface area contributed by atoms with Crippen LogP contribution in [0.4, 0.5) is 5.69 Å². The van der Waals surface area contributed by atoms with E-state index >= 15 is 0 Å². The summed E-state index contributed by atoms with van der Waals surface area (Å²) in [6, 6.07) is 9.14. The summed E-state index contributed by atoms with van der Waals surface area (Å²) < 4.78 is 10.5. The van der Waals surface area contributed by atoms with Crippen molar-refractivity contribution in [2.75, 3.05) is 25.6 Å². The Balaban J connectivity index is 1.77. The second kappa shape index (κ2) is 6.76. The van der Waals surface area contributed by atoms with Crippen LogP contribution in [0.1, 0.15) is 25.3 Å². The first-order chi connectivity index (χ1) is 8.78. The maximum atomic E-state index is 5.52. The van der Waals surface area contributed by atoms with Gasteiger partial charge in [0.15, 0.2) is 0 Å². The zero-order valence-electron chi connectivity index (χ0n) is 11.3. The number of ether oxygens (including phenoxy) is 2. The van der Waals surface area contributed by atoms with E-state index in [1.807, 2.05) is 0 Å². The molecule has 0 spiro atoms. The van der Waals surface area contributed by atoms with Gasteiger partial charge >= 0.3 is 0 Å². The molecular formula is C15H23NO2. The van der Waals surface area contributed by atoms with Crippen LogP contribution < -0.4 is 5.32 Å². The number of nitrogens with one attached hydrogen (secondary N) is 1. The molecule has 0 amide bonds. The van der Waals surface area contributed by atoms with Crippen molar-refractivity contribution in [3.05, 3.63) is 29.8 Å². The Morgan fingerprint density at radius 3 is 2.83 bits per heavy atom. The molecule has 100 valence electrons. The van der Waals surface area contributed by atoms with E-state index in [2.05, 4.69) is 36.5 Å². The summed E-state index contributed by atoms with van der Waals surface area (Å²) >= 11 is 0. The third-order valence-electron chi connectivity index (χ3n) is 3.37. The number of rotatable bonds is 7. The number of anilines is 1. The molecule has 1 fully saturated rings. The van der Waals surface area contributed by atoms with Crippen LogP contribution in [0.2, 0.25) is 0 Å². The Labute approximate surface area is 109 Å². The van der Waals surface area contributed by atoms with Gasteiger partial charge in [-0.1, -0.05) is 19.1 Å². The van der Waals surface area contributed by atoms with E-state index in [9.17, 15) is 0 Å². The zero-order valence-corrected chi connectivity index (χ0v) is 11.3. The fourth-order valence-electron chi connectivity index (χ4n) is 2.34. The van der Waals surface area contributed by atoms with Gasteiger partial charge in [0, 0.05) is 18.8 Å². The number of benzene rings is 1. The smallest absolute Gasteiger partial charge is 0.0718 e. The SMILES string of the molecule is COCCOCc1cccc(NC2CC(C)C2)c1. The van der Waals surface area contributed by atoms with Crippen molar-refractivity contribution >= 4 is 5.69 Å². The third kappa shape index (κ3) is 4.00. The summed E-state index contributed by atoms with van der Waals surface area (Å²) in [5.74, 6) is 0.878. The lowest BCUT2D eigenvalue weighted by Crippen LogP contribution is -2.33. The average Bonchev–Trinajstić information content (AvgIpc) is 2.33. The first-order valence-electron chi connectivity index (χ1n) is 6.70. The predicted octanol–water partition coefficient (Wildman–Crippen LogP) is 3.06. The molecule has 3 heteroatoms. The van der Waals surface area contributed by atoms with E-state index in [0.29, 0.717) is 25.9 Å². The third-order valence-corrected chi connectivity index (χ3v) is 3.37. The molecule has 0 radical (unpaired) electrons. The Bertz CT molecular complexity index is 361. The Hall–Kier alpha value is -1.06. The quantitative estimate of drug-likeness (QED) is 0.753. The van der Waals surface area contributed by atoms with Gasteiger partial charge in [0.1, 0.15) is 0 Å². The van der Waals surface area contributed by atoms with Crippen molar-refractivity contribution in [2.24, 2.45) is 5.92 Å². The normalized spacial score (nSPS) is 22.6. The van der Waals surface area contributed by atoms with Gasteiger partial charge in [-0.25, -0.2) is 0 Å². The minimum Gasteiger partial charge on any atom is -0.382 e. The van der Waals surface area contributed by atoms with Crippen LogP contribution in [0.5, 0.6) is 0 Å². The number of hydrogen-bond donors (Lipinski definition) is 1. The van der Waals surface area contributed by atoms with Gasteiger partial charge in [0.25, 0.3) is 0 Å². The molecule has 18 heavy (non-hydrogen) atoms. The van der Waals surface area contributed by atoms with Gasteiger partial charge in [-0.2, -0.15) is 0 Å². The fourth-order valence-corrected chi connectivity index (χ4v) is 2.34. The van der Waals surface area contributed by atoms with Crippen LogP contribution in [-0.2, 0) is 16.1 Å². The van der Waals surface area contributed by atoms with E-state index in [1.165, 1.54) is 24.1 Å². The molecule has 3 nitrogen and oxygen atoms in total. The lowest BCUT2D eigenvalue weighted by atomic mass is 9.82. The molecule has 1 aliphatic carbocycles. The van der Waals surface area contributed by atoms with Crippen LogP contribution in [0, 0.1) is 5.92 Å². The number of hydrogen-bond acceptors (Lipinski definition) is 3. The summed E-state index contributed by atoms with van der Waals surface area (Å²) in [5.41, 5.74) is 2.42. The van der Waals surface area contributed by atoms with Crippen molar-refractivity contribution in [1.29, 1.82) is 0 Å². The van der Waals surface area contributed by atoms with Gasteiger partial charge in [-0.15, -0.1) is 0 Å². The first-order valence-corrected chi connectivity index (χ1v) is 6.70. The highest BCUT2D eigenvalue weighted by atomic mass is 16.5. The van der Waals surface area contributed by atoms with E-state index in [1.54, 1.807) is 7.11 Å². The van der Waals surface area contributed by atoms with Crippen LogP contribution in [0.25, 0.3) is 0 Å². The molecular weight excluding hydrogens is 226 g/mol. The van der Waals surface area contributed by atoms with Crippen molar-refractivity contribution in [1.82, 2.24) is 0 Å². The van der Waals surface area contributed by atoms with E-state index < -0.39 is 0 Å². The highest BCUT2D eigenvalue weighted by Crippen LogP contribution is 2.29. The molecule has 1 N–H and O–H groups in total. The molecule has 0 heterocycles. The van der Waals surface area contributed by atoms with Gasteiger partial charge in [0.05, 0.1) is 19.8 Å². The molecule has 0 atom stereocenters. The molecule has 0 bridgehead atoms. The molecule has 1 aromatic carbocycles. The van der Waals surface area contributed by atoms with Gasteiger partial charge in [-0.3, -0.25) is 0 Å². The van der Waals surface area contributed by atoms with E-state index in [0.717, 1.165) is 5.92 Å². The summed E-state index contributed by atoms with van der Waals surface area (Å²) in [6.07, 6.45) is 2.57. The van der Waals surface area contributed by atoms with Crippen molar-refractivity contribution in [2.45, 2.75) is 32.4 Å². The summed E-state index contributed by atoms with van der Waals surface area (Å²) in [5, 5.41) is 3.57. The molecule has 0 aromatic heterocycles. The molecule has 1 aromatic rings. The van der Waals surface area contributed by atoms with Gasteiger partial charge < -0.3 is 14.8 Å². The predicted molar refractivity (Wildman–Crippen MR) is 73.8 cm³/mol. The highest BCUT2D eigenvalue weighted by Gasteiger charge is 2.24.